The van der Waals surface area contributed by atoms with Crippen molar-refractivity contribution in [2.24, 2.45) is 0 Å². The number of phenolic OH excluding ortho intramolecular Hbond substituents is 1. The Hall–Kier alpha value is -2.50. The first kappa shape index (κ1) is 13.9. The van der Waals surface area contributed by atoms with Crippen LogP contribution in [-0.4, -0.2) is 22.8 Å². The van der Waals surface area contributed by atoms with Crippen LogP contribution in [0.15, 0.2) is 27.4 Å². The van der Waals surface area contributed by atoms with Crippen molar-refractivity contribution in [1.82, 2.24) is 0 Å². The van der Waals surface area contributed by atoms with Gasteiger partial charge in [0.05, 0.1) is 6.61 Å². The van der Waals surface area contributed by atoms with E-state index < -0.39 is 17.2 Å². The van der Waals surface area contributed by atoms with Gasteiger partial charge in [0.15, 0.2) is 11.3 Å². The summed E-state index contributed by atoms with van der Waals surface area (Å²) in [5, 5.41) is 18.8. The SMILES string of the molecule is CCCCOc1cc(O)cc2cc(C(=O)O)c(=O)oc12. The topological polar surface area (TPSA) is 97.0 Å². The lowest BCUT2D eigenvalue weighted by molar-refractivity contribution is 0.0692. The predicted molar refractivity (Wildman–Crippen MR) is 71.5 cm³/mol. The average Bonchev–Trinajstić information content (AvgIpc) is 2.38. The van der Waals surface area contributed by atoms with Crippen LogP contribution in [0.5, 0.6) is 11.5 Å². The summed E-state index contributed by atoms with van der Waals surface area (Å²) in [6.45, 7) is 2.42. The lowest BCUT2D eigenvalue weighted by atomic mass is 10.1. The smallest absolute Gasteiger partial charge is 0.351 e. The minimum absolute atomic E-state index is 0.0887. The number of hydrogen-bond acceptors (Lipinski definition) is 5. The number of hydrogen-bond donors (Lipinski definition) is 2. The molecule has 2 N–H and O–H groups in total. The largest absolute Gasteiger partial charge is 0.508 e. The first-order chi connectivity index (χ1) is 9.52. The van der Waals surface area contributed by atoms with Crippen LogP contribution in [0.2, 0.25) is 0 Å². The number of carboxylic acid groups (broad SMARTS) is 1. The molecule has 0 aliphatic heterocycles. The first-order valence-corrected chi connectivity index (χ1v) is 6.20. The van der Waals surface area contributed by atoms with Crippen LogP contribution in [0.3, 0.4) is 0 Å². The number of ether oxygens (including phenoxy) is 1. The third kappa shape index (κ3) is 2.74. The lowest BCUT2D eigenvalue weighted by Crippen LogP contribution is -2.13. The number of carbonyl (C=O) groups is 1. The minimum Gasteiger partial charge on any atom is -0.508 e. The van der Waals surface area contributed by atoms with Crippen LogP contribution in [0.4, 0.5) is 0 Å². The lowest BCUT2D eigenvalue weighted by Gasteiger charge is -2.08. The number of phenols is 1. The quantitative estimate of drug-likeness (QED) is 0.643. The third-order valence-electron chi connectivity index (χ3n) is 2.77. The first-order valence-electron chi connectivity index (χ1n) is 6.20. The molecule has 0 saturated heterocycles. The molecule has 0 aliphatic rings. The normalized spacial score (nSPS) is 10.7. The second-order valence-corrected chi connectivity index (χ2v) is 4.32. The summed E-state index contributed by atoms with van der Waals surface area (Å²) in [4.78, 5) is 22.5. The van der Waals surface area contributed by atoms with E-state index in [-0.39, 0.29) is 17.1 Å². The van der Waals surface area contributed by atoms with Crippen LogP contribution < -0.4 is 10.4 Å². The molecule has 1 heterocycles. The van der Waals surface area contributed by atoms with E-state index in [4.69, 9.17) is 14.3 Å². The van der Waals surface area contributed by atoms with Gasteiger partial charge in [-0.25, -0.2) is 9.59 Å². The molecule has 6 nitrogen and oxygen atoms in total. The second kappa shape index (κ2) is 5.64. The standard InChI is InChI=1S/C14H14O6/c1-2-3-4-19-11-7-9(15)5-8-6-10(13(16)17)14(18)20-12(8)11/h5-7,15H,2-4H2,1H3,(H,16,17). The van der Waals surface area contributed by atoms with E-state index in [2.05, 4.69) is 0 Å². The van der Waals surface area contributed by atoms with Gasteiger partial charge in [-0.2, -0.15) is 0 Å². The highest BCUT2D eigenvalue weighted by Crippen LogP contribution is 2.30. The second-order valence-electron chi connectivity index (χ2n) is 4.32. The molecule has 0 bridgehead atoms. The van der Waals surface area contributed by atoms with E-state index in [9.17, 15) is 14.7 Å². The van der Waals surface area contributed by atoms with E-state index in [0.717, 1.165) is 18.9 Å². The van der Waals surface area contributed by atoms with Gasteiger partial charge < -0.3 is 19.4 Å². The Labute approximate surface area is 114 Å². The van der Waals surface area contributed by atoms with Crippen molar-refractivity contribution in [3.05, 3.63) is 34.2 Å². The summed E-state index contributed by atoms with van der Waals surface area (Å²) in [5.41, 5.74) is -1.30. The maximum Gasteiger partial charge on any atom is 0.351 e. The number of rotatable bonds is 5. The molecule has 0 amide bonds. The van der Waals surface area contributed by atoms with Crippen molar-refractivity contribution < 1.29 is 24.2 Å². The van der Waals surface area contributed by atoms with Gasteiger partial charge in [0.1, 0.15) is 11.3 Å². The van der Waals surface area contributed by atoms with Gasteiger partial charge >= 0.3 is 11.6 Å². The van der Waals surface area contributed by atoms with Crippen molar-refractivity contribution in [1.29, 1.82) is 0 Å². The van der Waals surface area contributed by atoms with Gasteiger partial charge in [0.2, 0.25) is 0 Å². The number of benzene rings is 1. The van der Waals surface area contributed by atoms with Crippen LogP contribution in [0.1, 0.15) is 30.1 Å². The van der Waals surface area contributed by atoms with Gasteiger partial charge in [-0.3, -0.25) is 0 Å². The molecule has 0 fully saturated rings. The summed E-state index contributed by atoms with van der Waals surface area (Å²) < 4.78 is 10.5. The zero-order valence-electron chi connectivity index (χ0n) is 10.9. The monoisotopic (exact) mass is 278 g/mol. The van der Waals surface area contributed by atoms with Crippen LogP contribution in [0.25, 0.3) is 11.0 Å². The molecule has 6 heteroatoms. The molecule has 0 atom stereocenters. The highest BCUT2D eigenvalue weighted by Gasteiger charge is 2.15. The maximum absolute atomic E-state index is 11.6. The summed E-state index contributed by atoms with van der Waals surface area (Å²) in [6.07, 6.45) is 1.75. The Bertz CT molecular complexity index is 701. The fraction of sp³-hybridized carbons (Fsp3) is 0.286. The minimum atomic E-state index is -1.38. The van der Waals surface area contributed by atoms with Gasteiger partial charge in [-0.1, -0.05) is 13.3 Å². The number of aromatic carboxylic acids is 1. The average molecular weight is 278 g/mol. The fourth-order valence-corrected chi connectivity index (χ4v) is 1.77. The van der Waals surface area contributed by atoms with E-state index >= 15 is 0 Å². The highest BCUT2D eigenvalue weighted by molar-refractivity contribution is 5.93. The molecule has 1 aromatic carbocycles. The molecule has 20 heavy (non-hydrogen) atoms. The van der Waals surface area contributed by atoms with E-state index in [1.165, 1.54) is 12.1 Å². The van der Waals surface area contributed by atoms with Crippen LogP contribution >= 0.6 is 0 Å². The Morgan fingerprint density at radius 2 is 2.10 bits per heavy atom. The van der Waals surface area contributed by atoms with Gasteiger partial charge in [-0.05, 0) is 18.6 Å². The Kier molecular flexibility index (Phi) is 3.93. The number of aromatic hydroxyl groups is 1. The molecule has 0 saturated carbocycles. The molecule has 0 radical (unpaired) electrons. The summed E-state index contributed by atoms with van der Waals surface area (Å²) in [6, 6.07) is 3.81. The van der Waals surface area contributed by atoms with Crippen molar-refractivity contribution in [2.75, 3.05) is 6.61 Å². The molecular weight excluding hydrogens is 264 g/mol. The molecule has 0 spiro atoms. The Morgan fingerprint density at radius 3 is 2.75 bits per heavy atom. The molecule has 2 rings (SSSR count). The van der Waals surface area contributed by atoms with Gasteiger partial charge in [0, 0.05) is 11.5 Å². The van der Waals surface area contributed by atoms with Crippen molar-refractivity contribution in [3.8, 4) is 11.5 Å². The Morgan fingerprint density at radius 1 is 1.35 bits per heavy atom. The molecular formula is C14H14O6. The number of fused-ring (bicyclic) bond motifs is 1. The van der Waals surface area contributed by atoms with Crippen molar-refractivity contribution >= 4 is 16.9 Å². The molecule has 0 unspecified atom stereocenters. The zero-order valence-corrected chi connectivity index (χ0v) is 10.9. The van der Waals surface area contributed by atoms with Gasteiger partial charge in [-0.15, -0.1) is 0 Å². The molecule has 2 aromatic rings. The summed E-state index contributed by atoms with van der Waals surface area (Å²) >= 11 is 0. The zero-order chi connectivity index (χ0) is 14.7. The number of carboxylic acids is 1. The van der Waals surface area contributed by atoms with Crippen molar-refractivity contribution in [3.63, 3.8) is 0 Å². The van der Waals surface area contributed by atoms with Gasteiger partial charge in [0.25, 0.3) is 0 Å². The van der Waals surface area contributed by atoms with E-state index in [0.29, 0.717) is 12.0 Å². The highest BCUT2D eigenvalue weighted by atomic mass is 16.5. The van der Waals surface area contributed by atoms with Crippen LogP contribution in [0, 0.1) is 0 Å². The Balaban J connectivity index is 2.56. The molecule has 106 valence electrons. The van der Waals surface area contributed by atoms with Crippen molar-refractivity contribution in [2.45, 2.75) is 19.8 Å². The summed E-state index contributed by atoms with van der Waals surface area (Å²) in [5.74, 6) is -1.24. The third-order valence-corrected chi connectivity index (χ3v) is 2.77. The summed E-state index contributed by atoms with van der Waals surface area (Å²) in [7, 11) is 0. The maximum atomic E-state index is 11.6. The van der Waals surface area contributed by atoms with E-state index in [1.54, 1.807) is 0 Å². The predicted octanol–water partition coefficient (Wildman–Crippen LogP) is 2.38. The molecule has 0 aliphatic carbocycles. The van der Waals surface area contributed by atoms with Crippen LogP contribution in [-0.2, 0) is 0 Å². The van der Waals surface area contributed by atoms with E-state index in [1.807, 2.05) is 6.92 Å². The fourth-order valence-electron chi connectivity index (χ4n) is 1.77. The molecule has 1 aromatic heterocycles. The number of unbranched alkanes of at least 4 members (excludes halogenated alkanes) is 1.